The van der Waals surface area contributed by atoms with Crippen molar-refractivity contribution in [3.8, 4) is 5.75 Å². The first kappa shape index (κ1) is 25.4. The van der Waals surface area contributed by atoms with E-state index in [1.165, 1.54) is 0 Å². The Morgan fingerprint density at radius 2 is 1.97 bits per heavy atom. The highest BCUT2D eigenvalue weighted by Gasteiger charge is 2.32. The van der Waals surface area contributed by atoms with Crippen LogP contribution in [0.25, 0.3) is 0 Å². The molecule has 0 N–H and O–H groups in total. The summed E-state index contributed by atoms with van der Waals surface area (Å²) >= 11 is 5.45. The lowest BCUT2D eigenvalue weighted by Crippen LogP contribution is -2.30. The second-order valence-corrected chi connectivity index (χ2v) is 9.43. The number of halogens is 4. The van der Waals surface area contributed by atoms with E-state index in [0.717, 1.165) is 36.7 Å². The summed E-state index contributed by atoms with van der Waals surface area (Å²) in [7, 11) is 1.91. The number of rotatable bonds is 6. The minimum atomic E-state index is -4.56. The third kappa shape index (κ3) is 6.03. The molecular formula is C23H29F4N3O2S. The molecule has 1 aromatic heterocycles. The number of nitrogens with zero attached hydrogens (tertiary/aromatic N) is 3. The van der Waals surface area contributed by atoms with Crippen LogP contribution in [0.15, 0.2) is 29.3 Å². The quantitative estimate of drug-likeness (QED) is 0.428. The number of aromatic nitrogens is 2. The van der Waals surface area contributed by atoms with Gasteiger partial charge in [0.25, 0.3) is 0 Å². The van der Waals surface area contributed by atoms with E-state index in [9.17, 15) is 17.6 Å². The van der Waals surface area contributed by atoms with Gasteiger partial charge in [-0.25, -0.2) is 9.38 Å². The normalized spacial score (nSPS) is 17.6. The molecule has 1 aromatic carbocycles. The molecule has 1 saturated heterocycles. The van der Waals surface area contributed by atoms with E-state index >= 15 is 0 Å². The molecule has 1 atom stereocenters. The minimum Gasteiger partial charge on any atom is -0.490 e. The van der Waals surface area contributed by atoms with Crippen molar-refractivity contribution in [2.45, 2.75) is 57.9 Å². The SMILES string of the molecule is Cn1c(C(C)(C)C)c/c(=N\C(=S)c2cc(C(F)(F)F)ccc2OCCF)n1C[C@H]1CCCO1. The molecule has 0 aliphatic carbocycles. The van der Waals surface area contributed by atoms with Crippen molar-refractivity contribution >= 4 is 17.2 Å². The van der Waals surface area contributed by atoms with Gasteiger partial charge < -0.3 is 9.47 Å². The third-order valence-electron chi connectivity index (χ3n) is 5.50. The largest absolute Gasteiger partial charge is 0.490 e. The van der Waals surface area contributed by atoms with E-state index in [-0.39, 0.29) is 34.4 Å². The maximum atomic E-state index is 13.3. The third-order valence-corrected chi connectivity index (χ3v) is 5.81. The molecule has 1 aliphatic heterocycles. The van der Waals surface area contributed by atoms with Gasteiger partial charge in [-0.05, 0) is 31.0 Å². The molecule has 0 unspecified atom stereocenters. The molecule has 0 saturated carbocycles. The summed E-state index contributed by atoms with van der Waals surface area (Å²) in [6, 6.07) is 4.83. The van der Waals surface area contributed by atoms with Crippen LogP contribution in [0.1, 0.15) is 50.4 Å². The van der Waals surface area contributed by atoms with Gasteiger partial charge in [0.15, 0.2) is 5.49 Å². The topological polar surface area (TPSA) is 40.7 Å². The Kier molecular flexibility index (Phi) is 7.68. The van der Waals surface area contributed by atoms with Gasteiger partial charge in [-0.15, -0.1) is 0 Å². The second kappa shape index (κ2) is 9.97. The first-order valence-corrected chi connectivity index (χ1v) is 11.2. The van der Waals surface area contributed by atoms with E-state index in [1.54, 1.807) is 0 Å². The number of thiocarbonyl (C=S) groups is 1. The van der Waals surface area contributed by atoms with Gasteiger partial charge in [0.2, 0.25) is 0 Å². The fourth-order valence-electron chi connectivity index (χ4n) is 3.88. The van der Waals surface area contributed by atoms with Gasteiger partial charge in [0, 0.05) is 30.8 Å². The molecule has 1 aliphatic rings. The van der Waals surface area contributed by atoms with Crippen molar-refractivity contribution in [2.75, 3.05) is 19.9 Å². The van der Waals surface area contributed by atoms with Crippen molar-refractivity contribution in [2.24, 2.45) is 12.0 Å². The lowest BCUT2D eigenvalue weighted by molar-refractivity contribution is -0.137. The fourth-order valence-corrected chi connectivity index (χ4v) is 4.13. The monoisotopic (exact) mass is 487 g/mol. The molecular weight excluding hydrogens is 458 g/mol. The maximum Gasteiger partial charge on any atom is 0.416 e. The molecule has 0 radical (unpaired) electrons. The zero-order valence-corrected chi connectivity index (χ0v) is 20.0. The molecule has 5 nitrogen and oxygen atoms in total. The Hall–Kier alpha value is -2.20. The van der Waals surface area contributed by atoms with Crippen molar-refractivity contribution in [3.63, 3.8) is 0 Å². The number of benzene rings is 1. The Balaban J connectivity index is 2.10. The van der Waals surface area contributed by atoms with Crippen LogP contribution in [0, 0.1) is 0 Å². The average Bonchev–Trinajstić information content (AvgIpc) is 3.34. The highest BCUT2D eigenvalue weighted by Crippen LogP contribution is 2.33. The molecule has 3 rings (SSSR count). The maximum absolute atomic E-state index is 13.3. The molecule has 2 heterocycles. The highest BCUT2D eigenvalue weighted by atomic mass is 32.1. The van der Waals surface area contributed by atoms with Gasteiger partial charge >= 0.3 is 6.18 Å². The fraction of sp³-hybridized carbons (Fsp3) is 0.565. The first-order valence-electron chi connectivity index (χ1n) is 10.8. The van der Waals surface area contributed by atoms with Crippen molar-refractivity contribution in [1.29, 1.82) is 0 Å². The van der Waals surface area contributed by atoms with Crippen LogP contribution < -0.4 is 10.2 Å². The minimum absolute atomic E-state index is 0.00176. The van der Waals surface area contributed by atoms with E-state index in [4.69, 9.17) is 21.7 Å². The molecule has 0 spiro atoms. The Morgan fingerprint density at radius 3 is 2.55 bits per heavy atom. The van der Waals surface area contributed by atoms with E-state index in [2.05, 4.69) is 25.8 Å². The molecule has 182 valence electrons. The van der Waals surface area contributed by atoms with Crippen LogP contribution in [0.3, 0.4) is 0 Å². The predicted octanol–water partition coefficient (Wildman–Crippen LogP) is 4.95. The summed E-state index contributed by atoms with van der Waals surface area (Å²) in [6.07, 6.45) is -2.64. The van der Waals surface area contributed by atoms with Crippen LogP contribution in [0.4, 0.5) is 17.6 Å². The second-order valence-electron chi connectivity index (χ2n) is 9.04. The highest BCUT2D eigenvalue weighted by molar-refractivity contribution is 7.80. The number of hydrogen-bond acceptors (Lipinski definition) is 3. The number of ether oxygens (including phenoxy) is 2. The summed E-state index contributed by atoms with van der Waals surface area (Å²) in [5.41, 5.74) is 0.418. The summed E-state index contributed by atoms with van der Waals surface area (Å²) < 4.78 is 67.6. The van der Waals surface area contributed by atoms with E-state index in [0.29, 0.717) is 18.6 Å². The van der Waals surface area contributed by atoms with Gasteiger partial charge in [-0.2, -0.15) is 13.2 Å². The van der Waals surface area contributed by atoms with Gasteiger partial charge in [-0.3, -0.25) is 9.36 Å². The molecule has 1 fully saturated rings. The first-order chi connectivity index (χ1) is 15.4. The Morgan fingerprint density at radius 1 is 1.24 bits per heavy atom. The zero-order valence-electron chi connectivity index (χ0n) is 19.2. The van der Waals surface area contributed by atoms with Crippen LogP contribution in [-0.4, -0.2) is 40.3 Å². The summed E-state index contributed by atoms with van der Waals surface area (Å²) in [4.78, 5) is 4.47. The molecule has 10 heteroatoms. The molecule has 0 amide bonds. The van der Waals surface area contributed by atoms with Crippen molar-refractivity contribution in [1.82, 2.24) is 9.36 Å². The predicted molar refractivity (Wildman–Crippen MR) is 121 cm³/mol. The average molecular weight is 488 g/mol. The van der Waals surface area contributed by atoms with Gasteiger partial charge in [0.1, 0.15) is 24.0 Å². The van der Waals surface area contributed by atoms with E-state index < -0.39 is 18.4 Å². The summed E-state index contributed by atoms with van der Waals surface area (Å²) in [5, 5.41) is 0. The van der Waals surface area contributed by atoms with Crippen LogP contribution in [0.2, 0.25) is 0 Å². The lowest BCUT2D eigenvalue weighted by Gasteiger charge is -2.21. The molecule has 33 heavy (non-hydrogen) atoms. The Bertz CT molecular complexity index is 1060. The molecule has 0 bridgehead atoms. The summed E-state index contributed by atoms with van der Waals surface area (Å²) in [5.74, 6) is 0.0621. The Labute approximate surface area is 196 Å². The molecule has 2 aromatic rings. The van der Waals surface area contributed by atoms with Crippen LogP contribution in [0.5, 0.6) is 5.75 Å². The van der Waals surface area contributed by atoms with Crippen molar-refractivity contribution < 1.29 is 27.0 Å². The number of hydrogen-bond donors (Lipinski definition) is 0. The van der Waals surface area contributed by atoms with Crippen LogP contribution >= 0.6 is 12.2 Å². The van der Waals surface area contributed by atoms with Gasteiger partial charge in [0.05, 0.1) is 23.8 Å². The van der Waals surface area contributed by atoms with E-state index in [1.807, 2.05) is 22.5 Å². The zero-order chi connectivity index (χ0) is 24.4. The smallest absolute Gasteiger partial charge is 0.416 e. The lowest BCUT2D eigenvalue weighted by atomic mass is 9.92. The van der Waals surface area contributed by atoms with Crippen LogP contribution in [-0.2, 0) is 29.9 Å². The summed E-state index contributed by atoms with van der Waals surface area (Å²) in [6.45, 7) is 6.37. The van der Waals surface area contributed by atoms with Crippen molar-refractivity contribution in [3.05, 3.63) is 46.6 Å². The van der Waals surface area contributed by atoms with Gasteiger partial charge in [-0.1, -0.05) is 33.0 Å². The standard InChI is InChI=1S/C23H29F4N3O2S/c1-22(2,3)19-13-20(30(29(19)4)14-16-6-5-10-31-16)28-21(33)17-12-15(23(25,26)27)7-8-18(17)32-11-9-24/h7-8,12-13,16H,5-6,9-11,14H2,1-4H3/b28-20+/t16-/m1/s1. The number of alkyl halides is 4.